The number of ether oxygens (including phenoxy) is 3. The zero-order valence-corrected chi connectivity index (χ0v) is 43.5. The van der Waals surface area contributed by atoms with Crippen LogP contribution in [0.5, 0.6) is 0 Å². The maximum Gasteiger partial charge on any atom is 0.306 e. The zero-order chi connectivity index (χ0) is 47.2. The van der Waals surface area contributed by atoms with Gasteiger partial charge in [-0.05, 0) is 77.0 Å². The molecule has 0 spiro atoms. The Balaban J connectivity index is 4.21. The average molecular weight is 914 g/mol. The fourth-order valence-electron chi connectivity index (χ4n) is 8.29. The molecule has 0 rings (SSSR count). The summed E-state index contributed by atoms with van der Waals surface area (Å²) in [5.41, 5.74) is 0. The summed E-state index contributed by atoms with van der Waals surface area (Å²) in [6.45, 7) is 6.61. The maximum atomic E-state index is 12.8. The van der Waals surface area contributed by atoms with Gasteiger partial charge in [0.1, 0.15) is 13.2 Å². The van der Waals surface area contributed by atoms with Gasteiger partial charge in [0.25, 0.3) is 0 Å². The minimum absolute atomic E-state index is 0.0752. The van der Waals surface area contributed by atoms with Crippen LogP contribution in [-0.2, 0) is 28.6 Å². The van der Waals surface area contributed by atoms with Crippen LogP contribution in [0.1, 0.15) is 303 Å². The summed E-state index contributed by atoms with van der Waals surface area (Å²) in [6, 6.07) is 0. The lowest BCUT2D eigenvalue weighted by Crippen LogP contribution is -2.30. The molecule has 0 N–H and O–H groups in total. The van der Waals surface area contributed by atoms with Crippen molar-refractivity contribution in [1.29, 1.82) is 0 Å². The number of allylic oxidation sites excluding steroid dienone is 6. The van der Waals surface area contributed by atoms with Crippen LogP contribution in [0.15, 0.2) is 36.5 Å². The van der Waals surface area contributed by atoms with Crippen molar-refractivity contribution in [3.05, 3.63) is 36.5 Å². The molecule has 6 heteroatoms. The van der Waals surface area contributed by atoms with E-state index in [0.717, 1.165) is 83.5 Å². The lowest BCUT2D eigenvalue weighted by Gasteiger charge is -2.18. The molecule has 0 aromatic heterocycles. The molecule has 0 saturated carbocycles. The second kappa shape index (κ2) is 54.2. The SMILES string of the molecule is CCCCC/C=C\C/C=C\CCCCCCCC(=O)OC(COC(=O)CCCCCCCCCCC)COC(=O)CCCCCCCCCCCCC/C=C\CCCCCCCCCC. The van der Waals surface area contributed by atoms with E-state index in [1.54, 1.807) is 0 Å². The molecule has 1 atom stereocenters. The Hall–Kier alpha value is -2.37. The molecule has 0 bridgehead atoms. The topological polar surface area (TPSA) is 78.9 Å². The van der Waals surface area contributed by atoms with Crippen molar-refractivity contribution in [3.8, 4) is 0 Å². The number of hydrogen-bond acceptors (Lipinski definition) is 6. The highest BCUT2D eigenvalue weighted by molar-refractivity contribution is 5.71. The van der Waals surface area contributed by atoms with Gasteiger partial charge in [-0.25, -0.2) is 0 Å². The summed E-state index contributed by atoms with van der Waals surface area (Å²) >= 11 is 0. The number of carbonyl (C=O) groups is 3. The minimum Gasteiger partial charge on any atom is -0.462 e. The maximum absolute atomic E-state index is 12.8. The first-order chi connectivity index (χ1) is 32.0. The highest BCUT2D eigenvalue weighted by atomic mass is 16.6. The average Bonchev–Trinajstić information content (AvgIpc) is 3.30. The summed E-state index contributed by atoms with van der Waals surface area (Å²) in [6.07, 6.45) is 64.3. The van der Waals surface area contributed by atoms with E-state index in [-0.39, 0.29) is 31.1 Å². The molecule has 0 fully saturated rings. The lowest BCUT2D eigenvalue weighted by atomic mass is 10.0. The third-order valence-electron chi connectivity index (χ3n) is 12.6. The Bertz CT molecular complexity index is 1090. The van der Waals surface area contributed by atoms with Gasteiger partial charge in [-0.15, -0.1) is 0 Å². The predicted molar refractivity (Wildman–Crippen MR) is 279 cm³/mol. The number of unbranched alkanes of at least 4 members (excludes halogenated alkanes) is 35. The van der Waals surface area contributed by atoms with Crippen LogP contribution >= 0.6 is 0 Å². The van der Waals surface area contributed by atoms with Crippen LogP contribution in [-0.4, -0.2) is 37.2 Å². The number of carbonyl (C=O) groups excluding carboxylic acids is 3. The number of rotatable bonds is 52. The second-order valence-electron chi connectivity index (χ2n) is 19.2. The first kappa shape index (κ1) is 62.6. The molecular formula is C59H108O6. The van der Waals surface area contributed by atoms with Gasteiger partial charge in [-0.3, -0.25) is 14.4 Å². The van der Waals surface area contributed by atoms with E-state index < -0.39 is 6.10 Å². The molecule has 0 aliphatic rings. The van der Waals surface area contributed by atoms with Crippen molar-refractivity contribution in [3.63, 3.8) is 0 Å². The fourth-order valence-corrected chi connectivity index (χ4v) is 8.29. The molecule has 0 saturated heterocycles. The summed E-state index contributed by atoms with van der Waals surface area (Å²) in [4.78, 5) is 38.0. The van der Waals surface area contributed by atoms with Gasteiger partial charge >= 0.3 is 17.9 Å². The normalized spacial score (nSPS) is 12.2. The Labute approximate surface area is 404 Å². The molecule has 0 radical (unpaired) electrons. The van der Waals surface area contributed by atoms with Crippen molar-refractivity contribution in [2.24, 2.45) is 0 Å². The Morgan fingerprint density at radius 1 is 0.308 bits per heavy atom. The van der Waals surface area contributed by atoms with E-state index in [1.807, 2.05) is 0 Å². The van der Waals surface area contributed by atoms with Crippen LogP contribution in [0, 0.1) is 0 Å². The van der Waals surface area contributed by atoms with Gasteiger partial charge in [0.05, 0.1) is 0 Å². The van der Waals surface area contributed by atoms with Crippen LogP contribution in [0.25, 0.3) is 0 Å². The molecule has 0 aliphatic heterocycles. The van der Waals surface area contributed by atoms with Gasteiger partial charge < -0.3 is 14.2 Å². The molecular weight excluding hydrogens is 805 g/mol. The molecule has 0 aliphatic carbocycles. The van der Waals surface area contributed by atoms with Crippen molar-refractivity contribution in [2.75, 3.05) is 13.2 Å². The van der Waals surface area contributed by atoms with Crippen LogP contribution < -0.4 is 0 Å². The van der Waals surface area contributed by atoms with E-state index in [1.165, 1.54) is 180 Å². The van der Waals surface area contributed by atoms with E-state index in [4.69, 9.17) is 14.2 Å². The Morgan fingerprint density at radius 2 is 0.554 bits per heavy atom. The molecule has 0 aromatic rings. The Kier molecular flexibility index (Phi) is 52.3. The minimum atomic E-state index is -0.775. The van der Waals surface area contributed by atoms with Crippen molar-refractivity contribution in [1.82, 2.24) is 0 Å². The molecule has 0 heterocycles. The van der Waals surface area contributed by atoms with E-state index in [2.05, 4.69) is 57.2 Å². The Morgan fingerprint density at radius 3 is 0.892 bits per heavy atom. The molecule has 0 amide bonds. The highest BCUT2D eigenvalue weighted by Crippen LogP contribution is 2.16. The predicted octanol–water partition coefficient (Wildman–Crippen LogP) is 18.9. The van der Waals surface area contributed by atoms with E-state index in [0.29, 0.717) is 19.3 Å². The summed E-state index contributed by atoms with van der Waals surface area (Å²) in [5, 5.41) is 0. The first-order valence-corrected chi connectivity index (χ1v) is 28.5. The first-order valence-electron chi connectivity index (χ1n) is 28.5. The quantitative estimate of drug-likeness (QED) is 0.0262. The van der Waals surface area contributed by atoms with Gasteiger partial charge in [-0.1, -0.05) is 243 Å². The van der Waals surface area contributed by atoms with Gasteiger partial charge in [0.2, 0.25) is 0 Å². The van der Waals surface area contributed by atoms with Crippen LogP contribution in [0.2, 0.25) is 0 Å². The third kappa shape index (κ3) is 52.5. The van der Waals surface area contributed by atoms with E-state index >= 15 is 0 Å². The lowest BCUT2D eigenvalue weighted by molar-refractivity contribution is -0.167. The van der Waals surface area contributed by atoms with E-state index in [9.17, 15) is 14.4 Å². The van der Waals surface area contributed by atoms with Gasteiger partial charge in [0, 0.05) is 19.3 Å². The zero-order valence-electron chi connectivity index (χ0n) is 43.5. The largest absolute Gasteiger partial charge is 0.462 e. The third-order valence-corrected chi connectivity index (χ3v) is 12.6. The monoisotopic (exact) mass is 913 g/mol. The van der Waals surface area contributed by atoms with Gasteiger partial charge in [0.15, 0.2) is 6.10 Å². The fraction of sp³-hybridized carbons (Fsp3) is 0.847. The smallest absolute Gasteiger partial charge is 0.306 e. The molecule has 0 aromatic carbocycles. The standard InChI is InChI=1S/C59H108O6/c1-4-7-10-13-16-19-21-23-25-26-27-28-29-30-31-32-34-35-37-40-43-46-49-52-58(61)64-55-56(54-63-57(60)51-48-45-42-39-18-15-12-9-6-3)65-59(62)53-50-47-44-41-38-36-33-24-22-20-17-14-11-8-5-2/h17,20,24,26-27,33,56H,4-16,18-19,21-23,25,28-32,34-55H2,1-3H3/b20-17-,27-26-,33-24-. The van der Waals surface area contributed by atoms with Gasteiger partial charge in [-0.2, -0.15) is 0 Å². The van der Waals surface area contributed by atoms with Crippen LogP contribution in [0.3, 0.4) is 0 Å². The molecule has 1 unspecified atom stereocenters. The number of esters is 3. The number of hydrogen-bond donors (Lipinski definition) is 0. The summed E-state index contributed by atoms with van der Waals surface area (Å²) < 4.78 is 16.8. The highest BCUT2D eigenvalue weighted by Gasteiger charge is 2.19. The second-order valence-corrected chi connectivity index (χ2v) is 19.2. The van der Waals surface area contributed by atoms with Crippen molar-refractivity contribution < 1.29 is 28.6 Å². The summed E-state index contributed by atoms with van der Waals surface area (Å²) in [7, 11) is 0. The van der Waals surface area contributed by atoms with Crippen molar-refractivity contribution in [2.45, 2.75) is 309 Å². The molecule has 6 nitrogen and oxygen atoms in total. The molecule has 380 valence electrons. The van der Waals surface area contributed by atoms with Crippen molar-refractivity contribution >= 4 is 17.9 Å². The summed E-state index contributed by atoms with van der Waals surface area (Å²) in [5.74, 6) is -0.879. The molecule has 65 heavy (non-hydrogen) atoms. The van der Waals surface area contributed by atoms with Crippen LogP contribution in [0.4, 0.5) is 0 Å².